The van der Waals surface area contributed by atoms with Crippen molar-refractivity contribution in [2.45, 2.75) is 38.4 Å². The van der Waals surface area contributed by atoms with E-state index < -0.39 is 24.7 Å². The third-order valence-corrected chi connectivity index (χ3v) is 5.61. The van der Waals surface area contributed by atoms with E-state index in [1.165, 1.54) is 29.5 Å². The van der Waals surface area contributed by atoms with Crippen LogP contribution in [-0.2, 0) is 12.8 Å². The number of halogens is 4. The fraction of sp³-hybridized carbons (Fsp3) is 0.333. The zero-order valence-electron chi connectivity index (χ0n) is 16.3. The molecule has 10 heteroatoms. The molecule has 0 amide bonds. The van der Waals surface area contributed by atoms with Crippen molar-refractivity contribution in [3.63, 3.8) is 0 Å². The van der Waals surface area contributed by atoms with E-state index >= 15 is 0 Å². The van der Waals surface area contributed by atoms with Crippen LogP contribution in [0.2, 0.25) is 0 Å². The number of aliphatic hydroxyl groups excluding tert-OH is 1. The highest BCUT2D eigenvalue weighted by atomic mass is 32.1. The van der Waals surface area contributed by atoms with Crippen LogP contribution in [0.15, 0.2) is 48.9 Å². The molecule has 31 heavy (non-hydrogen) atoms. The number of nitrogens with zero attached hydrogens (tertiary/aromatic N) is 2. The van der Waals surface area contributed by atoms with E-state index in [1.54, 1.807) is 18.6 Å². The molecule has 1 N–H and O–H groups in total. The van der Waals surface area contributed by atoms with E-state index in [0.717, 1.165) is 15.4 Å². The Balaban J connectivity index is 1.98. The van der Waals surface area contributed by atoms with Gasteiger partial charge < -0.3 is 14.6 Å². The van der Waals surface area contributed by atoms with Gasteiger partial charge in [0.15, 0.2) is 11.5 Å². The van der Waals surface area contributed by atoms with E-state index in [9.17, 15) is 17.6 Å². The van der Waals surface area contributed by atoms with Gasteiger partial charge >= 0.3 is 13.2 Å². The zero-order chi connectivity index (χ0) is 22.2. The van der Waals surface area contributed by atoms with Crippen molar-refractivity contribution in [3.05, 3.63) is 69.9 Å². The summed E-state index contributed by atoms with van der Waals surface area (Å²) in [5, 5.41) is 9.78. The highest BCUT2D eigenvalue weighted by Gasteiger charge is 2.23. The normalized spacial score (nSPS) is 12.4. The molecule has 5 nitrogen and oxygen atoms in total. The number of aliphatic hydroxyl groups is 1. The first-order valence-electron chi connectivity index (χ1n) is 9.44. The number of aryl methyl sites for hydroxylation is 1. The molecule has 0 radical (unpaired) electrons. The maximum Gasteiger partial charge on any atom is 0.387 e. The number of rotatable bonds is 11. The SMILES string of the molecule is OCCCc1cnc(C(Cc2ccncc2)c2ccc(OC(F)F)c(OC(F)F)c2)s1. The summed E-state index contributed by atoms with van der Waals surface area (Å²) in [4.78, 5) is 9.46. The lowest BCUT2D eigenvalue weighted by Gasteiger charge is -2.18. The van der Waals surface area contributed by atoms with E-state index in [4.69, 9.17) is 5.11 Å². The summed E-state index contributed by atoms with van der Waals surface area (Å²) in [5.41, 5.74) is 1.51. The molecule has 0 aliphatic heterocycles. The van der Waals surface area contributed by atoms with E-state index in [2.05, 4.69) is 19.4 Å². The number of hydrogen-bond acceptors (Lipinski definition) is 6. The molecule has 3 aromatic rings. The molecule has 0 bridgehead atoms. The Morgan fingerprint density at radius 2 is 1.68 bits per heavy atom. The lowest BCUT2D eigenvalue weighted by Crippen LogP contribution is -2.10. The maximum absolute atomic E-state index is 12.9. The van der Waals surface area contributed by atoms with Crippen LogP contribution in [0.4, 0.5) is 17.6 Å². The topological polar surface area (TPSA) is 64.5 Å². The van der Waals surface area contributed by atoms with Crippen LogP contribution >= 0.6 is 11.3 Å². The predicted octanol–water partition coefficient (Wildman–Crippen LogP) is 5.04. The molecule has 1 aromatic carbocycles. The summed E-state index contributed by atoms with van der Waals surface area (Å²) >= 11 is 1.45. The summed E-state index contributed by atoms with van der Waals surface area (Å²) < 4.78 is 59.8. The molecule has 2 aromatic heterocycles. The van der Waals surface area contributed by atoms with Crippen LogP contribution in [0.3, 0.4) is 0 Å². The van der Waals surface area contributed by atoms with Gasteiger partial charge in [-0.3, -0.25) is 4.98 Å². The third kappa shape index (κ3) is 6.63. The molecule has 2 heterocycles. The highest BCUT2D eigenvalue weighted by molar-refractivity contribution is 7.11. The Hall–Kier alpha value is -2.72. The van der Waals surface area contributed by atoms with Crippen molar-refractivity contribution < 1.29 is 32.1 Å². The quantitative estimate of drug-likeness (QED) is 0.410. The van der Waals surface area contributed by atoms with Gasteiger partial charge in [0, 0.05) is 36.0 Å². The minimum atomic E-state index is -3.20. The number of thiazole rings is 1. The van der Waals surface area contributed by atoms with Gasteiger partial charge in [0.05, 0.1) is 0 Å². The third-order valence-electron chi connectivity index (χ3n) is 4.44. The monoisotopic (exact) mass is 456 g/mol. The van der Waals surface area contributed by atoms with E-state index in [0.29, 0.717) is 24.8 Å². The summed E-state index contributed by atoms with van der Waals surface area (Å²) in [6, 6.07) is 7.68. The van der Waals surface area contributed by atoms with Gasteiger partial charge in [-0.25, -0.2) is 4.98 Å². The van der Waals surface area contributed by atoms with Crippen molar-refractivity contribution >= 4 is 11.3 Å². The lowest BCUT2D eigenvalue weighted by atomic mass is 9.92. The van der Waals surface area contributed by atoms with E-state index in [-0.39, 0.29) is 12.5 Å². The number of ether oxygens (including phenoxy) is 2. The standard InChI is InChI=1S/C21H20F4N2O3S/c22-20(23)29-17-4-3-14(11-18(17)30-21(24)25)16(10-13-5-7-26-8-6-13)19-27-12-15(31-19)2-1-9-28/h3-8,11-12,16,20-21,28H,1-2,9-10H2. The maximum atomic E-state index is 12.9. The second-order valence-corrected chi connectivity index (χ2v) is 7.71. The number of benzene rings is 1. The molecule has 166 valence electrons. The molecule has 1 atom stereocenters. The van der Waals surface area contributed by atoms with Gasteiger partial charge in [-0.1, -0.05) is 6.07 Å². The summed E-state index contributed by atoms with van der Waals surface area (Å²) in [6.45, 7) is -6.31. The molecule has 0 aliphatic carbocycles. The summed E-state index contributed by atoms with van der Waals surface area (Å²) in [7, 11) is 0. The molecule has 0 aliphatic rings. The van der Waals surface area contributed by atoms with E-state index in [1.807, 2.05) is 12.1 Å². The largest absolute Gasteiger partial charge is 0.431 e. The van der Waals surface area contributed by atoms with Gasteiger partial charge in [0.25, 0.3) is 0 Å². The minimum absolute atomic E-state index is 0.0631. The molecule has 0 saturated heterocycles. The van der Waals surface area contributed by atoms with Gasteiger partial charge in [-0.05, 0) is 54.7 Å². The predicted molar refractivity (Wildman–Crippen MR) is 107 cm³/mol. The van der Waals surface area contributed by atoms with Crippen molar-refractivity contribution in [2.24, 2.45) is 0 Å². The number of alkyl halides is 4. The average molecular weight is 456 g/mol. The second kappa shape index (κ2) is 11.1. The van der Waals surface area contributed by atoms with Crippen LogP contribution in [-0.4, -0.2) is 34.9 Å². The first kappa shape index (κ1) is 23.0. The lowest BCUT2D eigenvalue weighted by molar-refractivity contribution is -0.0692. The Morgan fingerprint density at radius 3 is 2.35 bits per heavy atom. The fourth-order valence-corrected chi connectivity index (χ4v) is 4.17. The van der Waals surface area contributed by atoms with Crippen LogP contribution in [0.5, 0.6) is 11.5 Å². The van der Waals surface area contributed by atoms with Crippen LogP contribution in [0, 0.1) is 0 Å². The van der Waals surface area contributed by atoms with Gasteiger partial charge in [-0.2, -0.15) is 17.6 Å². The Bertz CT molecular complexity index is 957. The van der Waals surface area contributed by atoms with Crippen molar-refractivity contribution in [2.75, 3.05) is 6.61 Å². The Kier molecular flexibility index (Phi) is 8.19. The minimum Gasteiger partial charge on any atom is -0.431 e. The molecule has 0 fully saturated rings. The first-order valence-corrected chi connectivity index (χ1v) is 10.3. The molecule has 3 rings (SSSR count). The first-order chi connectivity index (χ1) is 15.0. The molecular weight excluding hydrogens is 436 g/mol. The fourth-order valence-electron chi connectivity index (χ4n) is 3.08. The summed E-state index contributed by atoms with van der Waals surface area (Å²) in [5.74, 6) is -1.27. The van der Waals surface area contributed by atoms with Crippen molar-refractivity contribution in [3.8, 4) is 11.5 Å². The van der Waals surface area contributed by atoms with Gasteiger partial charge in [-0.15, -0.1) is 11.3 Å². The number of pyridine rings is 1. The van der Waals surface area contributed by atoms with Gasteiger partial charge in [0.2, 0.25) is 0 Å². The number of hydrogen-bond donors (Lipinski definition) is 1. The van der Waals surface area contributed by atoms with Crippen molar-refractivity contribution in [1.29, 1.82) is 0 Å². The highest BCUT2D eigenvalue weighted by Crippen LogP contribution is 2.38. The summed E-state index contributed by atoms with van der Waals surface area (Å²) in [6.07, 6.45) is 6.76. The van der Waals surface area contributed by atoms with Crippen LogP contribution < -0.4 is 9.47 Å². The zero-order valence-corrected chi connectivity index (χ0v) is 17.1. The molecule has 0 spiro atoms. The Morgan fingerprint density at radius 1 is 0.968 bits per heavy atom. The van der Waals surface area contributed by atoms with Crippen LogP contribution in [0.1, 0.15) is 33.4 Å². The molecule has 0 saturated carbocycles. The molecular formula is C21H20F4N2O3S. The second-order valence-electron chi connectivity index (χ2n) is 6.57. The van der Waals surface area contributed by atoms with Crippen molar-refractivity contribution in [1.82, 2.24) is 9.97 Å². The number of aromatic nitrogens is 2. The van der Waals surface area contributed by atoms with Gasteiger partial charge in [0.1, 0.15) is 5.01 Å². The average Bonchev–Trinajstić information content (AvgIpc) is 3.20. The smallest absolute Gasteiger partial charge is 0.387 e. The van der Waals surface area contributed by atoms with Crippen LogP contribution in [0.25, 0.3) is 0 Å². The molecule has 1 unspecified atom stereocenters. The Labute approximate surface area is 180 Å².